The lowest BCUT2D eigenvalue weighted by Crippen LogP contribution is -2.51. The van der Waals surface area contributed by atoms with Gasteiger partial charge in [0.25, 0.3) is 0 Å². The van der Waals surface area contributed by atoms with Gasteiger partial charge in [-0.05, 0) is 25.9 Å². The predicted molar refractivity (Wildman–Crippen MR) is 59.4 cm³/mol. The molecule has 0 saturated carbocycles. The lowest BCUT2D eigenvalue weighted by Gasteiger charge is -2.34. The molecule has 0 bridgehead atoms. The van der Waals surface area contributed by atoms with E-state index in [0.29, 0.717) is 5.69 Å². The van der Waals surface area contributed by atoms with Gasteiger partial charge in [-0.15, -0.1) is 0 Å². The third-order valence-corrected chi connectivity index (χ3v) is 3.28. The van der Waals surface area contributed by atoms with E-state index in [1.165, 1.54) is 0 Å². The van der Waals surface area contributed by atoms with Crippen molar-refractivity contribution < 1.29 is 4.79 Å². The van der Waals surface area contributed by atoms with Crippen LogP contribution in [0.2, 0.25) is 0 Å². The maximum atomic E-state index is 11.8. The molecule has 1 aromatic heterocycles. The Hall–Kier alpha value is -1.49. The summed E-state index contributed by atoms with van der Waals surface area (Å²) in [5, 5.41) is 0. The molecule has 86 valence electrons. The number of carbonyl (C=O) groups excluding carboxylic acids is 1. The fourth-order valence-corrected chi connectivity index (χ4v) is 2.51. The van der Waals surface area contributed by atoms with Crippen molar-refractivity contribution in [2.45, 2.75) is 25.3 Å². The van der Waals surface area contributed by atoms with Gasteiger partial charge in [-0.1, -0.05) is 6.92 Å². The number of nitrogens with zero attached hydrogens (tertiary/aromatic N) is 3. The summed E-state index contributed by atoms with van der Waals surface area (Å²) in [7, 11) is 0. The zero-order valence-electron chi connectivity index (χ0n) is 9.39. The van der Waals surface area contributed by atoms with E-state index < -0.39 is 5.54 Å². The van der Waals surface area contributed by atoms with Gasteiger partial charge in [0.1, 0.15) is 5.54 Å². The van der Waals surface area contributed by atoms with Gasteiger partial charge in [-0.3, -0.25) is 19.7 Å². The van der Waals surface area contributed by atoms with Gasteiger partial charge in [0.2, 0.25) is 5.91 Å². The summed E-state index contributed by atoms with van der Waals surface area (Å²) in [6.07, 6.45) is 6.54. The Morgan fingerprint density at radius 1 is 1.62 bits per heavy atom. The van der Waals surface area contributed by atoms with Crippen molar-refractivity contribution in [3.63, 3.8) is 0 Å². The summed E-state index contributed by atoms with van der Waals surface area (Å²) in [5.41, 5.74) is 5.50. The highest BCUT2D eigenvalue weighted by atomic mass is 16.1. The van der Waals surface area contributed by atoms with Gasteiger partial charge in [0.05, 0.1) is 11.9 Å². The molecule has 16 heavy (non-hydrogen) atoms. The summed E-state index contributed by atoms with van der Waals surface area (Å²) < 4.78 is 0. The number of likely N-dealkylation sites (tertiary alicyclic amines) is 1. The number of likely N-dealkylation sites (N-methyl/N-ethyl adjacent to an activating group) is 1. The molecule has 0 aromatic carbocycles. The molecule has 1 fully saturated rings. The van der Waals surface area contributed by atoms with Crippen LogP contribution >= 0.6 is 0 Å². The number of amides is 1. The molecule has 1 aliphatic heterocycles. The van der Waals surface area contributed by atoms with Crippen molar-refractivity contribution in [3.05, 3.63) is 24.3 Å². The van der Waals surface area contributed by atoms with Crippen LogP contribution in [0.15, 0.2) is 18.6 Å². The first-order valence-electron chi connectivity index (χ1n) is 5.53. The van der Waals surface area contributed by atoms with Crippen LogP contribution in [-0.4, -0.2) is 33.9 Å². The highest BCUT2D eigenvalue weighted by molar-refractivity contribution is 5.86. The average molecular weight is 220 g/mol. The monoisotopic (exact) mass is 220 g/mol. The summed E-state index contributed by atoms with van der Waals surface area (Å²) in [4.78, 5) is 22.2. The molecule has 0 unspecified atom stereocenters. The van der Waals surface area contributed by atoms with E-state index in [-0.39, 0.29) is 5.91 Å². The molecule has 2 rings (SSSR count). The summed E-state index contributed by atoms with van der Waals surface area (Å²) >= 11 is 0. The third-order valence-electron chi connectivity index (χ3n) is 3.28. The topological polar surface area (TPSA) is 72.1 Å². The smallest absolute Gasteiger partial charge is 0.244 e. The molecule has 1 saturated heterocycles. The molecular formula is C11H16N4O. The fraction of sp³-hybridized carbons (Fsp3) is 0.545. The molecule has 0 spiro atoms. The Bertz CT molecular complexity index is 381. The minimum Gasteiger partial charge on any atom is -0.368 e. The number of rotatable bonds is 3. The van der Waals surface area contributed by atoms with Crippen LogP contribution in [0.1, 0.15) is 25.5 Å². The molecule has 2 N–H and O–H groups in total. The number of hydrogen-bond acceptors (Lipinski definition) is 4. The predicted octanol–water partition coefficient (Wildman–Crippen LogP) is 0.273. The minimum atomic E-state index is -0.747. The van der Waals surface area contributed by atoms with Crippen LogP contribution < -0.4 is 5.73 Å². The van der Waals surface area contributed by atoms with E-state index in [4.69, 9.17) is 5.73 Å². The van der Waals surface area contributed by atoms with Gasteiger partial charge < -0.3 is 5.73 Å². The standard InChI is InChI=1S/C11H16N4O/c1-2-15-7-3-4-11(15,10(12)16)9-8-13-5-6-14-9/h5-6,8H,2-4,7H2,1H3,(H2,12,16)/t11-/m0/s1. The molecule has 1 amide bonds. The van der Waals surface area contributed by atoms with Gasteiger partial charge >= 0.3 is 0 Å². The normalized spacial score (nSPS) is 25.8. The Balaban J connectivity index is 2.48. The summed E-state index contributed by atoms with van der Waals surface area (Å²) in [5.74, 6) is -0.327. The molecule has 5 nitrogen and oxygen atoms in total. The van der Waals surface area contributed by atoms with E-state index in [1.54, 1.807) is 18.6 Å². The van der Waals surface area contributed by atoms with E-state index >= 15 is 0 Å². The summed E-state index contributed by atoms with van der Waals surface area (Å²) in [6, 6.07) is 0. The first kappa shape index (κ1) is 11.0. The highest BCUT2D eigenvalue weighted by Gasteiger charge is 2.48. The maximum Gasteiger partial charge on any atom is 0.244 e. The van der Waals surface area contributed by atoms with Gasteiger partial charge in [-0.2, -0.15) is 0 Å². The largest absolute Gasteiger partial charge is 0.368 e. The Kier molecular flexibility index (Phi) is 2.87. The lowest BCUT2D eigenvalue weighted by atomic mass is 9.91. The third kappa shape index (κ3) is 1.48. The second-order valence-corrected chi connectivity index (χ2v) is 4.00. The van der Waals surface area contributed by atoms with Crippen molar-refractivity contribution in [2.75, 3.05) is 13.1 Å². The van der Waals surface area contributed by atoms with E-state index in [9.17, 15) is 4.79 Å². The number of hydrogen-bond donors (Lipinski definition) is 1. The Morgan fingerprint density at radius 3 is 3.00 bits per heavy atom. The molecule has 5 heteroatoms. The van der Waals surface area contributed by atoms with Crippen molar-refractivity contribution in [1.29, 1.82) is 0 Å². The zero-order valence-corrected chi connectivity index (χ0v) is 9.39. The average Bonchev–Trinajstić information content (AvgIpc) is 2.74. The van der Waals surface area contributed by atoms with Gasteiger partial charge in [0.15, 0.2) is 0 Å². The minimum absolute atomic E-state index is 0.327. The second-order valence-electron chi connectivity index (χ2n) is 4.00. The number of primary amides is 1. The van der Waals surface area contributed by atoms with Crippen molar-refractivity contribution in [2.24, 2.45) is 5.73 Å². The molecule has 0 radical (unpaired) electrons. The van der Waals surface area contributed by atoms with Crippen molar-refractivity contribution >= 4 is 5.91 Å². The Labute approximate surface area is 94.7 Å². The number of nitrogens with two attached hydrogens (primary N) is 1. The van der Waals surface area contributed by atoms with Crippen LogP contribution in [0.25, 0.3) is 0 Å². The number of aromatic nitrogens is 2. The van der Waals surface area contributed by atoms with Crippen LogP contribution in [0, 0.1) is 0 Å². The SMILES string of the molecule is CCN1CCC[C@@]1(C(N)=O)c1cnccn1. The molecular weight excluding hydrogens is 204 g/mol. The molecule has 1 aromatic rings. The second kappa shape index (κ2) is 4.17. The first-order valence-corrected chi connectivity index (χ1v) is 5.53. The molecule has 0 aliphatic carbocycles. The van der Waals surface area contributed by atoms with Crippen LogP contribution in [0.5, 0.6) is 0 Å². The fourth-order valence-electron chi connectivity index (χ4n) is 2.51. The van der Waals surface area contributed by atoms with E-state index in [2.05, 4.69) is 14.9 Å². The summed E-state index contributed by atoms with van der Waals surface area (Å²) in [6.45, 7) is 3.70. The maximum absolute atomic E-state index is 11.8. The van der Waals surface area contributed by atoms with Crippen LogP contribution in [0.4, 0.5) is 0 Å². The number of carbonyl (C=O) groups is 1. The van der Waals surface area contributed by atoms with Gasteiger partial charge in [-0.25, -0.2) is 0 Å². The Morgan fingerprint density at radius 2 is 2.44 bits per heavy atom. The zero-order chi connectivity index (χ0) is 11.6. The van der Waals surface area contributed by atoms with Gasteiger partial charge in [0, 0.05) is 12.4 Å². The quantitative estimate of drug-likeness (QED) is 0.793. The van der Waals surface area contributed by atoms with Crippen LogP contribution in [0.3, 0.4) is 0 Å². The van der Waals surface area contributed by atoms with Crippen molar-refractivity contribution in [3.8, 4) is 0 Å². The first-order chi connectivity index (χ1) is 7.71. The van der Waals surface area contributed by atoms with Crippen LogP contribution in [-0.2, 0) is 10.3 Å². The molecule has 2 heterocycles. The molecule has 1 atom stereocenters. The highest BCUT2D eigenvalue weighted by Crippen LogP contribution is 2.36. The lowest BCUT2D eigenvalue weighted by molar-refractivity contribution is -0.129. The van der Waals surface area contributed by atoms with Crippen molar-refractivity contribution in [1.82, 2.24) is 14.9 Å². The van der Waals surface area contributed by atoms with E-state index in [1.807, 2.05) is 6.92 Å². The molecule has 1 aliphatic rings. The van der Waals surface area contributed by atoms with E-state index in [0.717, 1.165) is 25.9 Å².